The maximum atomic E-state index is 5.86. The average Bonchev–Trinajstić information content (AvgIpc) is 2.90. The van der Waals surface area contributed by atoms with Gasteiger partial charge in [-0.1, -0.05) is 23.5 Å². The van der Waals surface area contributed by atoms with E-state index in [1.54, 1.807) is 24.5 Å². The summed E-state index contributed by atoms with van der Waals surface area (Å²) in [5, 5.41) is 0.552. The first-order chi connectivity index (χ1) is 10.2. The van der Waals surface area contributed by atoms with Crippen molar-refractivity contribution in [2.75, 3.05) is 0 Å². The molecule has 2 aromatic heterocycles. The van der Waals surface area contributed by atoms with E-state index in [9.17, 15) is 0 Å². The van der Waals surface area contributed by atoms with Crippen molar-refractivity contribution in [3.63, 3.8) is 0 Å². The van der Waals surface area contributed by atoms with Gasteiger partial charge >= 0.3 is 0 Å². The molecule has 7 heteroatoms. The van der Waals surface area contributed by atoms with Gasteiger partial charge in [-0.05, 0) is 24.3 Å². The fourth-order valence-corrected chi connectivity index (χ4v) is 2.58. The SMILES string of the molecule is N/C(=N\C(N)=N\c1nc2ccccc2s1)c1cccnc1. The Hall–Kier alpha value is -2.80. The van der Waals surface area contributed by atoms with Crippen LogP contribution in [0.5, 0.6) is 0 Å². The van der Waals surface area contributed by atoms with Gasteiger partial charge in [0.05, 0.1) is 10.2 Å². The van der Waals surface area contributed by atoms with Crippen LogP contribution in [0.2, 0.25) is 0 Å². The minimum atomic E-state index is 0.0652. The molecule has 0 fully saturated rings. The number of nitrogens with two attached hydrogens (primary N) is 2. The zero-order valence-corrected chi connectivity index (χ0v) is 11.8. The van der Waals surface area contributed by atoms with Crippen LogP contribution in [-0.2, 0) is 0 Å². The van der Waals surface area contributed by atoms with Crippen LogP contribution in [0, 0.1) is 0 Å². The van der Waals surface area contributed by atoms with Crippen molar-refractivity contribution in [3.05, 3.63) is 54.4 Å². The van der Waals surface area contributed by atoms with Crippen LogP contribution in [0.25, 0.3) is 10.2 Å². The van der Waals surface area contributed by atoms with Crippen molar-refractivity contribution < 1.29 is 0 Å². The summed E-state index contributed by atoms with van der Waals surface area (Å²) in [6.07, 6.45) is 3.28. The van der Waals surface area contributed by atoms with Gasteiger partial charge in [-0.15, -0.1) is 0 Å². The summed E-state index contributed by atoms with van der Waals surface area (Å²) in [5.41, 5.74) is 13.2. The molecule has 4 N–H and O–H groups in total. The highest BCUT2D eigenvalue weighted by Crippen LogP contribution is 2.27. The summed E-state index contributed by atoms with van der Waals surface area (Å²) < 4.78 is 1.05. The topological polar surface area (TPSA) is 103 Å². The van der Waals surface area contributed by atoms with E-state index in [-0.39, 0.29) is 11.8 Å². The van der Waals surface area contributed by atoms with Crippen LogP contribution in [0.3, 0.4) is 0 Å². The van der Waals surface area contributed by atoms with Crippen LogP contribution in [0.4, 0.5) is 5.13 Å². The predicted molar refractivity (Wildman–Crippen MR) is 85.9 cm³/mol. The van der Waals surface area contributed by atoms with E-state index in [1.165, 1.54) is 11.3 Å². The molecule has 0 aliphatic heterocycles. The number of para-hydroxylation sites is 1. The number of aromatic nitrogens is 2. The molecule has 21 heavy (non-hydrogen) atoms. The van der Waals surface area contributed by atoms with Crippen molar-refractivity contribution in [2.24, 2.45) is 21.5 Å². The van der Waals surface area contributed by atoms with Crippen molar-refractivity contribution in [1.29, 1.82) is 0 Å². The number of amidine groups is 1. The molecule has 0 saturated heterocycles. The number of benzene rings is 1. The molecule has 104 valence electrons. The molecule has 0 atom stereocenters. The van der Waals surface area contributed by atoms with E-state index in [0.717, 1.165) is 10.2 Å². The second-order valence-corrected chi connectivity index (χ2v) is 5.18. The van der Waals surface area contributed by atoms with E-state index in [2.05, 4.69) is 20.0 Å². The Morgan fingerprint density at radius 3 is 2.71 bits per heavy atom. The lowest BCUT2D eigenvalue weighted by Crippen LogP contribution is -2.19. The molecule has 0 radical (unpaired) electrons. The lowest BCUT2D eigenvalue weighted by atomic mass is 10.3. The number of hydrogen-bond donors (Lipinski definition) is 2. The van der Waals surface area contributed by atoms with Crippen LogP contribution in [0.1, 0.15) is 5.56 Å². The number of fused-ring (bicyclic) bond motifs is 1. The molecule has 0 bridgehead atoms. The minimum absolute atomic E-state index is 0.0652. The summed E-state index contributed by atoms with van der Waals surface area (Å²) in [4.78, 5) is 16.6. The first-order valence-corrected chi connectivity index (χ1v) is 6.98. The number of hydrogen-bond acceptors (Lipinski definition) is 4. The Bertz CT molecular complexity index is 789. The van der Waals surface area contributed by atoms with Gasteiger partial charge < -0.3 is 11.5 Å². The number of pyridine rings is 1. The molecular weight excluding hydrogens is 284 g/mol. The maximum absolute atomic E-state index is 5.86. The minimum Gasteiger partial charge on any atom is -0.383 e. The summed E-state index contributed by atoms with van der Waals surface area (Å²) in [6.45, 7) is 0. The number of nitrogens with zero attached hydrogens (tertiary/aromatic N) is 4. The molecule has 0 aliphatic rings. The highest BCUT2D eigenvalue weighted by molar-refractivity contribution is 7.22. The summed E-state index contributed by atoms with van der Waals surface area (Å²) in [6, 6.07) is 11.4. The molecule has 0 saturated carbocycles. The number of thiazole rings is 1. The van der Waals surface area contributed by atoms with Gasteiger partial charge in [0, 0.05) is 18.0 Å². The average molecular weight is 296 g/mol. The zero-order chi connectivity index (χ0) is 14.7. The normalized spacial score (nSPS) is 12.8. The zero-order valence-electron chi connectivity index (χ0n) is 11.0. The molecule has 2 heterocycles. The van der Waals surface area contributed by atoms with Crippen LogP contribution in [0.15, 0.2) is 58.8 Å². The van der Waals surface area contributed by atoms with Crippen LogP contribution < -0.4 is 11.5 Å². The first kappa shape index (κ1) is 13.2. The summed E-state index contributed by atoms with van der Waals surface area (Å²) in [5.74, 6) is 0.334. The van der Waals surface area contributed by atoms with Gasteiger partial charge in [0.2, 0.25) is 11.1 Å². The Balaban J connectivity index is 1.89. The van der Waals surface area contributed by atoms with Crippen LogP contribution >= 0.6 is 11.3 Å². The van der Waals surface area contributed by atoms with Gasteiger partial charge in [0.15, 0.2) is 0 Å². The second kappa shape index (κ2) is 5.68. The van der Waals surface area contributed by atoms with E-state index < -0.39 is 0 Å². The van der Waals surface area contributed by atoms with Crippen molar-refractivity contribution in [2.45, 2.75) is 0 Å². The predicted octanol–water partition coefficient (Wildman–Crippen LogP) is 2.04. The van der Waals surface area contributed by atoms with E-state index in [0.29, 0.717) is 10.7 Å². The standard InChI is InChI=1S/C14H12N6S/c15-12(9-4-3-7-17-8-9)19-13(16)20-14-18-10-5-1-2-6-11(10)21-14/h1-8H,(H4,15,16,18,19,20). The Morgan fingerprint density at radius 1 is 1.10 bits per heavy atom. The third-order valence-electron chi connectivity index (χ3n) is 2.69. The Morgan fingerprint density at radius 2 is 1.95 bits per heavy atom. The largest absolute Gasteiger partial charge is 0.383 e. The van der Waals surface area contributed by atoms with E-state index in [1.807, 2.05) is 24.3 Å². The first-order valence-electron chi connectivity index (χ1n) is 6.17. The lowest BCUT2D eigenvalue weighted by molar-refractivity contribution is 1.30. The van der Waals surface area contributed by atoms with Gasteiger partial charge in [-0.2, -0.15) is 9.98 Å². The third-order valence-corrected chi connectivity index (χ3v) is 3.62. The Labute approximate surface area is 124 Å². The number of guanidine groups is 1. The summed E-state index contributed by atoms with van der Waals surface area (Å²) >= 11 is 1.45. The highest BCUT2D eigenvalue weighted by Gasteiger charge is 2.03. The molecular formula is C14H12N6S. The Kier molecular flexibility index (Phi) is 3.57. The van der Waals surface area contributed by atoms with Gasteiger partial charge in [0.1, 0.15) is 5.84 Å². The third kappa shape index (κ3) is 3.03. The second-order valence-electron chi connectivity index (χ2n) is 4.17. The highest BCUT2D eigenvalue weighted by atomic mass is 32.1. The van der Waals surface area contributed by atoms with Crippen molar-refractivity contribution >= 4 is 38.5 Å². The van der Waals surface area contributed by atoms with Gasteiger partial charge in [-0.3, -0.25) is 4.98 Å². The fourth-order valence-electron chi connectivity index (χ4n) is 1.73. The molecule has 6 nitrogen and oxygen atoms in total. The van der Waals surface area contributed by atoms with Crippen molar-refractivity contribution in [3.8, 4) is 0 Å². The summed E-state index contributed by atoms with van der Waals surface area (Å²) in [7, 11) is 0. The smallest absolute Gasteiger partial charge is 0.224 e. The molecule has 3 aromatic rings. The van der Waals surface area contributed by atoms with Gasteiger partial charge in [-0.25, -0.2) is 4.98 Å². The molecule has 0 amide bonds. The monoisotopic (exact) mass is 296 g/mol. The quantitative estimate of drug-likeness (QED) is 0.558. The molecule has 3 rings (SSSR count). The number of aliphatic imine (C=N–C) groups is 2. The molecule has 1 aromatic carbocycles. The van der Waals surface area contributed by atoms with Gasteiger partial charge in [0.25, 0.3) is 0 Å². The van der Waals surface area contributed by atoms with E-state index >= 15 is 0 Å². The van der Waals surface area contributed by atoms with Crippen molar-refractivity contribution in [1.82, 2.24) is 9.97 Å². The molecule has 0 spiro atoms. The maximum Gasteiger partial charge on any atom is 0.224 e. The lowest BCUT2D eigenvalue weighted by Gasteiger charge is -1.98. The van der Waals surface area contributed by atoms with Crippen LogP contribution in [-0.4, -0.2) is 21.8 Å². The van der Waals surface area contributed by atoms with E-state index in [4.69, 9.17) is 11.5 Å². The molecule has 0 aliphatic carbocycles. The number of rotatable bonds is 2. The fraction of sp³-hybridized carbons (Fsp3) is 0. The molecule has 0 unspecified atom stereocenters.